The van der Waals surface area contributed by atoms with Crippen molar-refractivity contribution in [3.8, 4) is 0 Å². The van der Waals surface area contributed by atoms with Crippen LogP contribution in [0.5, 0.6) is 0 Å². The Balaban J connectivity index is 1.88. The Morgan fingerprint density at radius 1 is 0.625 bits per heavy atom. The number of hydrogen-bond acceptors (Lipinski definition) is 3. The topological polar surface area (TPSA) is 52.9 Å². The van der Waals surface area contributed by atoms with E-state index < -0.39 is 0 Å². The largest absolute Gasteiger partial charge is 0.358 e. The number of fused-ring (bicyclic) bond motifs is 6. The number of aromatic amines is 1. The Hall–Kier alpha value is -3.01. The van der Waals surface area contributed by atoms with Crippen LogP contribution in [0.25, 0.3) is 6.08 Å². The maximum absolute atomic E-state index is 5.54. The standard InChI is InChI=1S/C36H48N4/c1-10-21-22(11-2)33-20-36(9)28(17-8)27(16-7)32(40-36)19-31-24(13-4)26(15-6)35(39-31)34-25(14-5)23(12-3)30(38-34)18-29(21)37-33/h18-19,37H,10-17,20H2,1-9H3/b30-18?,31-19-/t36-/m0/s1. The lowest BCUT2D eigenvalue weighted by Crippen LogP contribution is -2.27. The Morgan fingerprint density at radius 3 is 1.62 bits per heavy atom. The van der Waals surface area contributed by atoms with Gasteiger partial charge in [-0.2, -0.15) is 0 Å². The van der Waals surface area contributed by atoms with Crippen LogP contribution in [-0.4, -0.2) is 27.7 Å². The van der Waals surface area contributed by atoms with Gasteiger partial charge in [-0.1, -0.05) is 55.4 Å². The minimum absolute atomic E-state index is 0.256. The molecular formula is C36H48N4. The predicted octanol–water partition coefficient (Wildman–Crippen LogP) is 9.39. The number of aromatic nitrogens is 1. The maximum atomic E-state index is 5.54. The summed E-state index contributed by atoms with van der Waals surface area (Å²) in [6, 6.07) is 0. The molecule has 0 aromatic carbocycles. The molecule has 40 heavy (non-hydrogen) atoms. The fourth-order valence-electron chi connectivity index (χ4n) is 7.80. The highest BCUT2D eigenvalue weighted by Gasteiger charge is 2.39. The molecule has 0 amide bonds. The van der Waals surface area contributed by atoms with E-state index in [1.807, 2.05) is 0 Å². The first kappa shape index (κ1) is 28.5. The molecular weight excluding hydrogens is 488 g/mol. The van der Waals surface area contributed by atoms with Crippen LogP contribution < -0.4 is 0 Å². The molecule has 0 saturated carbocycles. The van der Waals surface area contributed by atoms with Gasteiger partial charge in [0.25, 0.3) is 0 Å². The second kappa shape index (κ2) is 11.1. The molecule has 1 atom stereocenters. The SMILES string of the molecule is CCC1=C(CC)C2=NC1=Cc1[nH]c(c(CC)c1CC)C[C@]1(C)N=C(/C=C3\N=C2C(CC)=C3CC)C(CC)=C1CC. The van der Waals surface area contributed by atoms with Gasteiger partial charge >= 0.3 is 0 Å². The van der Waals surface area contributed by atoms with Crippen LogP contribution in [0, 0.1) is 0 Å². The summed E-state index contributed by atoms with van der Waals surface area (Å²) in [5.74, 6) is 0. The van der Waals surface area contributed by atoms with Gasteiger partial charge in [-0.3, -0.25) is 4.99 Å². The molecule has 1 aromatic rings. The maximum Gasteiger partial charge on any atom is 0.0932 e. The number of rotatable bonds is 8. The molecule has 1 N–H and O–H groups in total. The van der Waals surface area contributed by atoms with Crippen LogP contribution in [0.1, 0.15) is 123 Å². The molecule has 1 aromatic heterocycles. The van der Waals surface area contributed by atoms with Crippen molar-refractivity contribution < 1.29 is 0 Å². The summed E-state index contributed by atoms with van der Waals surface area (Å²) < 4.78 is 0. The molecule has 5 heterocycles. The van der Waals surface area contributed by atoms with E-state index in [1.54, 1.807) is 0 Å². The van der Waals surface area contributed by atoms with E-state index in [1.165, 1.54) is 56.0 Å². The molecule has 0 saturated heterocycles. The molecule has 0 radical (unpaired) electrons. The van der Waals surface area contributed by atoms with E-state index >= 15 is 0 Å². The molecule has 4 aliphatic rings. The third kappa shape index (κ3) is 4.30. The number of nitrogens with zero attached hydrogens (tertiary/aromatic N) is 3. The lowest BCUT2D eigenvalue weighted by Gasteiger charge is -2.25. The van der Waals surface area contributed by atoms with E-state index in [0.717, 1.165) is 86.3 Å². The van der Waals surface area contributed by atoms with Crippen molar-refractivity contribution in [2.75, 3.05) is 0 Å². The van der Waals surface area contributed by atoms with Crippen LogP contribution in [0.2, 0.25) is 0 Å². The number of nitrogens with one attached hydrogen (secondary N) is 1. The van der Waals surface area contributed by atoms with Gasteiger partial charge in [-0.25, -0.2) is 9.98 Å². The van der Waals surface area contributed by atoms with Crippen molar-refractivity contribution in [2.24, 2.45) is 15.0 Å². The van der Waals surface area contributed by atoms with Crippen LogP contribution in [0.4, 0.5) is 0 Å². The average Bonchev–Trinajstić information content (AvgIpc) is 3.65. The first-order valence-corrected chi connectivity index (χ1v) is 15.9. The Labute approximate surface area is 242 Å². The van der Waals surface area contributed by atoms with Crippen LogP contribution in [0.15, 0.2) is 65.9 Å². The fraction of sp³-hybridized carbons (Fsp3) is 0.528. The van der Waals surface area contributed by atoms with Crippen LogP contribution in [0.3, 0.4) is 0 Å². The van der Waals surface area contributed by atoms with Crippen molar-refractivity contribution in [3.05, 3.63) is 73.4 Å². The third-order valence-electron chi connectivity index (χ3n) is 9.54. The van der Waals surface area contributed by atoms with E-state index in [9.17, 15) is 0 Å². The van der Waals surface area contributed by atoms with Gasteiger partial charge in [0, 0.05) is 17.8 Å². The van der Waals surface area contributed by atoms with Crippen LogP contribution in [-0.2, 0) is 19.3 Å². The molecule has 0 spiro atoms. The Kier molecular flexibility index (Phi) is 7.92. The van der Waals surface area contributed by atoms with Gasteiger partial charge in [0.05, 0.1) is 34.1 Å². The summed E-state index contributed by atoms with van der Waals surface area (Å²) in [6.07, 6.45) is 13.4. The van der Waals surface area contributed by atoms with Crippen molar-refractivity contribution in [2.45, 2.75) is 126 Å². The molecule has 212 valence electrons. The monoisotopic (exact) mass is 536 g/mol. The third-order valence-corrected chi connectivity index (χ3v) is 9.54. The summed E-state index contributed by atoms with van der Waals surface area (Å²) in [6.45, 7) is 20.6. The van der Waals surface area contributed by atoms with Crippen molar-refractivity contribution in [3.63, 3.8) is 0 Å². The Bertz CT molecular complexity index is 1490. The zero-order valence-corrected chi connectivity index (χ0v) is 26.4. The smallest absolute Gasteiger partial charge is 0.0932 e. The quantitative estimate of drug-likeness (QED) is 0.344. The molecule has 0 aliphatic carbocycles. The highest BCUT2D eigenvalue weighted by Crippen LogP contribution is 2.43. The van der Waals surface area contributed by atoms with Gasteiger partial charge in [0.2, 0.25) is 0 Å². The lowest BCUT2D eigenvalue weighted by atomic mass is 9.83. The van der Waals surface area contributed by atoms with Gasteiger partial charge < -0.3 is 4.98 Å². The molecule has 4 nitrogen and oxygen atoms in total. The summed E-state index contributed by atoms with van der Waals surface area (Å²) in [4.78, 5) is 20.2. The normalized spacial score (nSPS) is 23.7. The second-order valence-corrected chi connectivity index (χ2v) is 11.6. The minimum Gasteiger partial charge on any atom is -0.358 e. The first-order chi connectivity index (χ1) is 19.3. The van der Waals surface area contributed by atoms with Crippen molar-refractivity contribution >= 4 is 23.2 Å². The van der Waals surface area contributed by atoms with E-state index in [2.05, 4.69) is 79.4 Å². The van der Waals surface area contributed by atoms with Gasteiger partial charge in [-0.05, 0) is 115 Å². The van der Waals surface area contributed by atoms with Gasteiger partial charge in [0.15, 0.2) is 0 Å². The zero-order chi connectivity index (χ0) is 28.8. The number of allylic oxidation sites excluding steroid dienone is 6. The van der Waals surface area contributed by atoms with Gasteiger partial charge in [-0.15, -0.1) is 0 Å². The van der Waals surface area contributed by atoms with E-state index in [0.29, 0.717) is 0 Å². The molecule has 0 unspecified atom stereocenters. The van der Waals surface area contributed by atoms with E-state index in [4.69, 9.17) is 15.0 Å². The lowest BCUT2D eigenvalue weighted by molar-refractivity contribution is 0.535. The van der Waals surface area contributed by atoms with Crippen molar-refractivity contribution in [1.29, 1.82) is 0 Å². The average molecular weight is 537 g/mol. The number of hydrogen-bond donors (Lipinski definition) is 1. The summed E-state index contributed by atoms with van der Waals surface area (Å²) >= 11 is 0. The Morgan fingerprint density at radius 2 is 1.15 bits per heavy atom. The highest BCUT2D eigenvalue weighted by molar-refractivity contribution is 6.55. The first-order valence-electron chi connectivity index (χ1n) is 15.9. The second-order valence-electron chi connectivity index (χ2n) is 11.6. The highest BCUT2D eigenvalue weighted by atomic mass is 14.9. The predicted molar refractivity (Wildman–Crippen MR) is 173 cm³/mol. The summed E-state index contributed by atoms with van der Waals surface area (Å²) in [5.41, 5.74) is 19.0. The van der Waals surface area contributed by atoms with Crippen LogP contribution >= 0.6 is 0 Å². The minimum atomic E-state index is -0.256. The summed E-state index contributed by atoms with van der Waals surface area (Å²) in [7, 11) is 0. The fourth-order valence-corrected chi connectivity index (χ4v) is 7.80. The molecule has 0 fully saturated rings. The van der Waals surface area contributed by atoms with Crippen molar-refractivity contribution in [1.82, 2.24) is 4.98 Å². The molecule has 4 heteroatoms. The number of H-pyrrole nitrogens is 1. The molecule has 8 bridgehead atoms. The summed E-state index contributed by atoms with van der Waals surface area (Å²) in [5, 5.41) is 0. The molecule has 5 rings (SSSR count). The number of aliphatic imine (C=N–C) groups is 3. The molecule has 4 aliphatic heterocycles. The van der Waals surface area contributed by atoms with E-state index in [-0.39, 0.29) is 5.54 Å². The van der Waals surface area contributed by atoms with Gasteiger partial charge in [0.1, 0.15) is 0 Å². The zero-order valence-electron chi connectivity index (χ0n) is 26.4.